The average Bonchev–Trinajstić information content (AvgIpc) is 2.89. The molecule has 1 aromatic heterocycles. The summed E-state index contributed by atoms with van der Waals surface area (Å²) in [6, 6.07) is 10.1. The van der Waals surface area contributed by atoms with Crippen LogP contribution in [0.2, 0.25) is 0 Å². The van der Waals surface area contributed by atoms with Crippen LogP contribution in [-0.2, 0) is 6.42 Å². The van der Waals surface area contributed by atoms with Crippen molar-refractivity contribution in [1.29, 1.82) is 0 Å². The van der Waals surface area contributed by atoms with Crippen molar-refractivity contribution in [1.82, 2.24) is 10.3 Å². The molecule has 20 heavy (non-hydrogen) atoms. The molecule has 0 amide bonds. The Kier molecular flexibility index (Phi) is 3.56. The molecule has 4 heteroatoms. The number of pyridine rings is 1. The Balaban J connectivity index is 1.88. The minimum Gasteiger partial charge on any atom is -0.488 e. The van der Waals surface area contributed by atoms with Crippen molar-refractivity contribution in [2.75, 3.05) is 12.3 Å². The zero-order valence-electron chi connectivity index (χ0n) is 11.5. The first-order chi connectivity index (χ1) is 9.79. The standard InChI is InChI=1S/C16H19N3O/c1-2-19-16(12-10-18-8-7-13(12)17)15-9-11-5-3-4-6-14(11)20-15/h3-8,10,15-16,19H,2,9H2,1H3,(H2,17,18). The lowest BCUT2D eigenvalue weighted by atomic mass is 9.98. The summed E-state index contributed by atoms with van der Waals surface area (Å²) in [6.07, 6.45) is 4.49. The van der Waals surface area contributed by atoms with Gasteiger partial charge in [0.05, 0.1) is 6.04 Å². The van der Waals surface area contributed by atoms with Gasteiger partial charge < -0.3 is 15.8 Å². The van der Waals surface area contributed by atoms with Crippen molar-refractivity contribution < 1.29 is 4.74 Å². The average molecular weight is 269 g/mol. The smallest absolute Gasteiger partial charge is 0.123 e. The zero-order valence-corrected chi connectivity index (χ0v) is 11.5. The highest BCUT2D eigenvalue weighted by molar-refractivity contribution is 5.48. The number of nitrogen functional groups attached to an aromatic ring is 1. The van der Waals surface area contributed by atoms with E-state index < -0.39 is 0 Å². The molecule has 0 spiro atoms. The Bertz CT molecular complexity index is 575. The molecule has 2 heterocycles. The van der Waals surface area contributed by atoms with Gasteiger partial charge in [-0.05, 0) is 24.2 Å². The molecule has 2 unspecified atom stereocenters. The number of nitrogens with two attached hydrogens (primary N) is 1. The third-order valence-electron chi connectivity index (χ3n) is 3.69. The first-order valence-corrected chi connectivity index (χ1v) is 6.97. The largest absolute Gasteiger partial charge is 0.488 e. The van der Waals surface area contributed by atoms with Crippen LogP contribution >= 0.6 is 0 Å². The second-order valence-electron chi connectivity index (χ2n) is 5.01. The first kappa shape index (κ1) is 12.9. The number of hydrogen-bond acceptors (Lipinski definition) is 4. The number of nitrogens with zero attached hydrogens (tertiary/aromatic N) is 1. The minimum absolute atomic E-state index is 0.0545. The number of fused-ring (bicyclic) bond motifs is 1. The summed E-state index contributed by atoms with van der Waals surface area (Å²) in [7, 11) is 0. The number of ether oxygens (including phenoxy) is 1. The molecular formula is C16H19N3O. The molecule has 0 saturated heterocycles. The topological polar surface area (TPSA) is 60.2 Å². The first-order valence-electron chi connectivity index (χ1n) is 6.97. The molecule has 0 bridgehead atoms. The molecule has 2 aromatic rings. The van der Waals surface area contributed by atoms with Crippen LogP contribution in [0.1, 0.15) is 24.1 Å². The van der Waals surface area contributed by atoms with E-state index in [1.54, 1.807) is 6.20 Å². The lowest BCUT2D eigenvalue weighted by Gasteiger charge is -2.25. The Morgan fingerprint density at radius 3 is 3.00 bits per heavy atom. The van der Waals surface area contributed by atoms with Crippen molar-refractivity contribution in [2.24, 2.45) is 0 Å². The number of nitrogens with one attached hydrogen (secondary N) is 1. The van der Waals surface area contributed by atoms with E-state index in [0.717, 1.165) is 30.0 Å². The highest BCUT2D eigenvalue weighted by Crippen LogP contribution is 2.35. The van der Waals surface area contributed by atoms with Crippen LogP contribution in [0.5, 0.6) is 5.75 Å². The van der Waals surface area contributed by atoms with Crippen molar-refractivity contribution in [3.8, 4) is 5.75 Å². The van der Waals surface area contributed by atoms with E-state index in [2.05, 4.69) is 23.3 Å². The van der Waals surface area contributed by atoms with Gasteiger partial charge >= 0.3 is 0 Å². The molecule has 0 aliphatic carbocycles. The molecule has 0 saturated carbocycles. The van der Waals surface area contributed by atoms with E-state index in [1.807, 2.05) is 30.5 Å². The molecule has 0 fully saturated rings. The van der Waals surface area contributed by atoms with Gasteiger partial charge in [-0.2, -0.15) is 0 Å². The molecule has 1 aliphatic rings. The van der Waals surface area contributed by atoms with Crippen LogP contribution in [0.3, 0.4) is 0 Å². The molecule has 1 aromatic carbocycles. The van der Waals surface area contributed by atoms with Gasteiger partial charge in [0.25, 0.3) is 0 Å². The minimum atomic E-state index is 0.0545. The quantitative estimate of drug-likeness (QED) is 0.894. The van der Waals surface area contributed by atoms with Crippen molar-refractivity contribution >= 4 is 5.69 Å². The highest BCUT2D eigenvalue weighted by Gasteiger charge is 2.31. The molecular weight excluding hydrogens is 250 g/mol. The molecule has 0 radical (unpaired) electrons. The summed E-state index contributed by atoms with van der Waals surface area (Å²) in [5.41, 5.74) is 9.10. The van der Waals surface area contributed by atoms with E-state index in [9.17, 15) is 0 Å². The lowest BCUT2D eigenvalue weighted by Crippen LogP contribution is -2.35. The van der Waals surface area contributed by atoms with Crippen LogP contribution in [0.25, 0.3) is 0 Å². The summed E-state index contributed by atoms with van der Waals surface area (Å²) in [5, 5.41) is 3.47. The fourth-order valence-corrected chi connectivity index (χ4v) is 2.73. The number of aromatic nitrogens is 1. The maximum Gasteiger partial charge on any atom is 0.123 e. The van der Waals surface area contributed by atoms with Gasteiger partial charge in [0, 0.05) is 30.1 Å². The highest BCUT2D eigenvalue weighted by atomic mass is 16.5. The molecule has 2 atom stereocenters. The summed E-state index contributed by atoms with van der Waals surface area (Å²) in [6.45, 7) is 2.94. The summed E-state index contributed by atoms with van der Waals surface area (Å²) in [5.74, 6) is 0.975. The normalized spacial score (nSPS) is 18.4. The van der Waals surface area contributed by atoms with E-state index in [1.165, 1.54) is 5.56 Å². The van der Waals surface area contributed by atoms with Gasteiger partial charge in [0.2, 0.25) is 0 Å². The third-order valence-corrected chi connectivity index (χ3v) is 3.69. The van der Waals surface area contributed by atoms with Crippen LogP contribution in [0, 0.1) is 0 Å². The van der Waals surface area contributed by atoms with E-state index >= 15 is 0 Å². The molecule has 3 N–H and O–H groups in total. The van der Waals surface area contributed by atoms with Crippen LogP contribution in [0.4, 0.5) is 5.69 Å². The number of para-hydroxylation sites is 1. The van der Waals surface area contributed by atoms with Gasteiger partial charge in [-0.15, -0.1) is 0 Å². The molecule has 1 aliphatic heterocycles. The Labute approximate surface area is 119 Å². The molecule has 3 rings (SSSR count). The number of likely N-dealkylation sites (N-methyl/N-ethyl adjacent to an activating group) is 1. The van der Waals surface area contributed by atoms with Crippen molar-refractivity contribution in [3.63, 3.8) is 0 Å². The van der Waals surface area contributed by atoms with Crippen LogP contribution in [-0.4, -0.2) is 17.6 Å². The number of anilines is 1. The van der Waals surface area contributed by atoms with E-state index in [-0.39, 0.29) is 12.1 Å². The maximum absolute atomic E-state index is 6.09. The fourth-order valence-electron chi connectivity index (χ4n) is 2.73. The number of benzene rings is 1. The Morgan fingerprint density at radius 2 is 2.25 bits per heavy atom. The van der Waals surface area contributed by atoms with Crippen molar-refractivity contribution in [3.05, 3.63) is 53.9 Å². The van der Waals surface area contributed by atoms with Crippen molar-refractivity contribution in [2.45, 2.75) is 25.5 Å². The Morgan fingerprint density at radius 1 is 1.40 bits per heavy atom. The zero-order chi connectivity index (χ0) is 13.9. The van der Waals surface area contributed by atoms with Gasteiger partial charge in [-0.3, -0.25) is 4.98 Å². The van der Waals surface area contributed by atoms with Gasteiger partial charge in [-0.25, -0.2) is 0 Å². The monoisotopic (exact) mass is 269 g/mol. The maximum atomic E-state index is 6.09. The van der Waals surface area contributed by atoms with Gasteiger partial charge in [-0.1, -0.05) is 25.1 Å². The van der Waals surface area contributed by atoms with E-state index in [4.69, 9.17) is 10.5 Å². The van der Waals surface area contributed by atoms with Gasteiger partial charge in [0.1, 0.15) is 11.9 Å². The van der Waals surface area contributed by atoms with Crippen LogP contribution < -0.4 is 15.8 Å². The SMILES string of the molecule is CCNC(c1cnccc1N)C1Cc2ccccc2O1. The second-order valence-corrected chi connectivity index (χ2v) is 5.01. The predicted molar refractivity (Wildman–Crippen MR) is 79.6 cm³/mol. The Hall–Kier alpha value is -2.07. The summed E-state index contributed by atoms with van der Waals surface area (Å²) >= 11 is 0. The number of rotatable bonds is 4. The van der Waals surface area contributed by atoms with Crippen LogP contribution in [0.15, 0.2) is 42.7 Å². The van der Waals surface area contributed by atoms with Gasteiger partial charge in [0.15, 0.2) is 0 Å². The third kappa shape index (κ3) is 2.34. The molecule has 104 valence electrons. The lowest BCUT2D eigenvalue weighted by molar-refractivity contribution is 0.180. The summed E-state index contributed by atoms with van der Waals surface area (Å²) < 4.78 is 6.09. The summed E-state index contributed by atoms with van der Waals surface area (Å²) in [4.78, 5) is 4.19. The van der Waals surface area contributed by atoms with E-state index in [0.29, 0.717) is 0 Å². The molecule has 4 nitrogen and oxygen atoms in total. The second kappa shape index (κ2) is 5.51. The number of hydrogen-bond donors (Lipinski definition) is 2. The fraction of sp³-hybridized carbons (Fsp3) is 0.312. The predicted octanol–water partition coefficient (Wildman–Crippen LogP) is 2.32.